The zero-order chi connectivity index (χ0) is 20.3. The van der Waals surface area contributed by atoms with Crippen LogP contribution in [-0.2, 0) is 4.74 Å². The fourth-order valence-corrected chi connectivity index (χ4v) is 2.45. The first-order valence-electron chi connectivity index (χ1n) is 7.20. The van der Waals surface area contributed by atoms with Crippen LogP contribution in [0.2, 0.25) is 10.0 Å². The third-order valence-corrected chi connectivity index (χ3v) is 4.31. The van der Waals surface area contributed by atoms with Crippen molar-refractivity contribution in [2.75, 3.05) is 6.61 Å². The van der Waals surface area contributed by atoms with E-state index in [0.29, 0.717) is 0 Å². The molecule has 140 valence electrons. The molecule has 0 saturated carbocycles. The minimum Gasteiger partial charge on any atom is -0.454 e. The Balaban J connectivity index is 2.24. The predicted molar refractivity (Wildman–Crippen MR) is 95.6 cm³/mol. The van der Waals surface area contributed by atoms with Crippen LogP contribution in [-0.4, -0.2) is 28.2 Å². The zero-order valence-corrected chi connectivity index (χ0v) is 15.1. The van der Waals surface area contributed by atoms with Crippen molar-refractivity contribution in [3.63, 3.8) is 0 Å². The number of Topliss-reactive ketones (excluding diaryl/α,β-unsaturated/α-hetero) is 1. The minimum atomic E-state index is -1.10. The minimum absolute atomic E-state index is 0.113. The maximum atomic E-state index is 12.2. The predicted octanol–water partition coefficient (Wildman–Crippen LogP) is 4.16. The molecule has 2 rings (SSSR count). The highest BCUT2D eigenvalue weighted by Gasteiger charge is 2.26. The Labute approximate surface area is 161 Å². The summed E-state index contributed by atoms with van der Waals surface area (Å²) in [6, 6.07) is 5.67. The average molecular weight is 413 g/mol. The van der Waals surface area contributed by atoms with Crippen LogP contribution < -0.4 is 0 Å². The molecule has 0 aliphatic heterocycles. The van der Waals surface area contributed by atoms with Gasteiger partial charge in [0.1, 0.15) is 0 Å². The first-order valence-corrected chi connectivity index (χ1v) is 7.96. The van der Waals surface area contributed by atoms with Gasteiger partial charge in [0, 0.05) is 17.2 Å². The lowest BCUT2D eigenvalue weighted by molar-refractivity contribution is -0.394. The van der Waals surface area contributed by atoms with Crippen molar-refractivity contribution in [3.05, 3.63) is 77.3 Å². The van der Waals surface area contributed by atoms with Crippen molar-refractivity contribution in [2.24, 2.45) is 0 Å². The van der Waals surface area contributed by atoms with Gasteiger partial charge in [-0.05, 0) is 25.1 Å². The van der Waals surface area contributed by atoms with Crippen molar-refractivity contribution < 1.29 is 24.2 Å². The number of benzene rings is 2. The van der Waals surface area contributed by atoms with E-state index in [0.717, 1.165) is 12.1 Å². The molecule has 2 aromatic rings. The van der Waals surface area contributed by atoms with Gasteiger partial charge in [0.2, 0.25) is 0 Å². The normalized spacial score (nSPS) is 10.3. The molecule has 27 heavy (non-hydrogen) atoms. The third-order valence-electron chi connectivity index (χ3n) is 3.57. The number of non-ortho nitro benzene ring substituents is 1. The van der Waals surface area contributed by atoms with Crippen LogP contribution in [0, 0.1) is 27.2 Å². The van der Waals surface area contributed by atoms with Crippen LogP contribution in [0.1, 0.15) is 26.3 Å². The molecule has 0 aliphatic carbocycles. The van der Waals surface area contributed by atoms with E-state index in [2.05, 4.69) is 0 Å². The number of ketones is 1. The molecule has 0 saturated heterocycles. The average Bonchev–Trinajstić information content (AvgIpc) is 2.61. The number of hydrogen-bond donors (Lipinski definition) is 0. The number of esters is 1. The van der Waals surface area contributed by atoms with Crippen molar-refractivity contribution >= 4 is 46.3 Å². The largest absolute Gasteiger partial charge is 0.454 e. The first-order chi connectivity index (χ1) is 12.6. The summed E-state index contributed by atoms with van der Waals surface area (Å²) in [5.41, 5.74) is -1.60. The van der Waals surface area contributed by atoms with Gasteiger partial charge < -0.3 is 4.74 Å². The Kier molecular flexibility index (Phi) is 6.09. The standard InChI is InChI=1S/C16H10Cl2N2O7/c1-8-11(5-10(19(23)24)6-14(8)20(25)26)16(22)27-7-15(21)9-2-3-12(17)13(18)4-9/h2-6H,7H2,1H3. The highest BCUT2D eigenvalue weighted by molar-refractivity contribution is 6.42. The Bertz CT molecular complexity index is 975. The van der Waals surface area contributed by atoms with Gasteiger partial charge in [-0.25, -0.2) is 4.79 Å². The molecule has 0 spiro atoms. The van der Waals surface area contributed by atoms with E-state index in [1.165, 1.54) is 25.1 Å². The maximum Gasteiger partial charge on any atom is 0.339 e. The van der Waals surface area contributed by atoms with Gasteiger partial charge in [-0.15, -0.1) is 0 Å². The molecule has 0 heterocycles. The topological polar surface area (TPSA) is 130 Å². The molecule has 0 aliphatic rings. The fraction of sp³-hybridized carbons (Fsp3) is 0.125. The van der Waals surface area contributed by atoms with E-state index in [1.807, 2.05) is 0 Å². The molecule has 0 aromatic heterocycles. The number of ether oxygens (including phenoxy) is 1. The summed E-state index contributed by atoms with van der Waals surface area (Å²) < 4.78 is 4.85. The van der Waals surface area contributed by atoms with E-state index in [-0.39, 0.29) is 26.7 Å². The zero-order valence-electron chi connectivity index (χ0n) is 13.6. The van der Waals surface area contributed by atoms with Gasteiger partial charge in [-0.1, -0.05) is 23.2 Å². The lowest BCUT2D eigenvalue weighted by Gasteiger charge is -2.08. The summed E-state index contributed by atoms with van der Waals surface area (Å²) in [6.07, 6.45) is 0. The highest BCUT2D eigenvalue weighted by atomic mass is 35.5. The number of nitrogens with zero attached hydrogens (tertiary/aromatic N) is 2. The third kappa shape index (κ3) is 4.57. The lowest BCUT2D eigenvalue weighted by Crippen LogP contribution is -2.16. The molecule has 2 aromatic carbocycles. The molecule has 11 heteroatoms. The summed E-state index contributed by atoms with van der Waals surface area (Å²) >= 11 is 11.6. The Morgan fingerprint density at radius 3 is 2.26 bits per heavy atom. The number of nitro benzene ring substituents is 2. The number of nitro groups is 2. The Morgan fingerprint density at radius 1 is 1.04 bits per heavy atom. The van der Waals surface area contributed by atoms with Crippen LogP contribution in [0.25, 0.3) is 0 Å². The number of hydrogen-bond acceptors (Lipinski definition) is 7. The molecule has 0 amide bonds. The Hall–Kier alpha value is -3.04. The van der Waals surface area contributed by atoms with Gasteiger partial charge >= 0.3 is 5.97 Å². The van der Waals surface area contributed by atoms with Crippen molar-refractivity contribution in [1.82, 2.24) is 0 Å². The molecule has 0 fully saturated rings. The van der Waals surface area contributed by atoms with E-state index in [9.17, 15) is 29.8 Å². The number of carbonyl (C=O) groups excluding carboxylic acids is 2. The summed E-state index contributed by atoms with van der Waals surface area (Å²) in [5.74, 6) is -1.70. The smallest absolute Gasteiger partial charge is 0.339 e. The second-order valence-electron chi connectivity index (χ2n) is 5.28. The molecular weight excluding hydrogens is 403 g/mol. The highest BCUT2D eigenvalue weighted by Crippen LogP contribution is 2.28. The molecular formula is C16H10Cl2N2O7. The molecule has 0 radical (unpaired) electrons. The summed E-state index contributed by atoms with van der Waals surface area (Å²) in [6.45, 7) is 0.561. The van der Waals surface area contributed by atoms with Crippen LogP contribution in [0.15, 0.2) is 30.3 Å². The van der Waals surface area contributed by atoms with Crippen molar-refractivity contribution in [2.45, 2.75) is 6.92 Å². The van der Waals surface area contributed by atoms with Crippen LogP contribution >= 0.6 is 23.2 Å². The molecule has 0 atom stereocenters. The van der Waals surface area contributed by atoms with Gasteiger partial charge in [-0.2, -0.15) is 0 Å². The monoisotopic (exact) mass is 412 g/mol. The number of halogens is 2. The molecule has 0 bridgehead atoms. The molecule has 9 nitrogen and oxygen atoms in total. The quantitative estimate of drug-likeness (QED) is 0.301. The maximum absolute atomic E-state index is 12.2. The second kappa shape index (κ2) is 8.11. The van der Waals surface area contributed by atoms with Crippen LogP contribution in [0.3, 0.4) is 0 Å². The van der Waals surface area contributed by atoms with Crippen LogP contribution in [0.5, 0.6) is 0 Å². The molecule has 0 N–H and O–H groups in total. The summed E-state index contributed by atoms with van der Waals surface area (Å²) in [4.78, 5) is 44.5. The van der Waals surface area contributed by atoms with Gasteiger partial charge in [0.15, 0.2) is 12.4 Å². The summed E-state index contributed by atoms with van der Waals surface area (Å²) in [7, 11) is 0. The van der Waals surface area contributed by atoms with E-state index in [1.54, 1.807) is 0 Å². The Morgan fingerprint density at radius 2 is 1.70 bits per heavy atom. The lowest BCUT2D eigenvalue weighted by atomic mass is 10.1. The summed E-state index contributed by atoms with van der Waals surface area (Å²) in [5, 5.41) is 22.3. The van der Waals surface area contributed by atoms with Crippen molar-refractivity contribution in [1.29, 1.82) is 0 Å². The second-order valence-corrected chi connectivity index (χ2v) is 6.09. The number of rotatable bonds is 6. The van der Waals surface area contributed by atoms with Crippen LogP contribution in [0.4, 0.5) is 11.4 Å². The van der Waals surface area contributed by atoms with Gasteiger partial charge in [-0.3, -0.25) is 25.0 Å². The number of carbonyl (C=O) groups is 2. The van der Waals surface area contributed by atoms with E-state index < -0.39 is 39.6 Å². The fourth-order valence-electron chi connectivity index (χ4n) is 2.15. The van der Waals surface area contributed by atoms with E-state index in [4.69, 9.17) is 27.9 Å². The van der Waals surface area contributed by atoms with Gasteiger partial charge in [0.25, 0.3) is 11.4 Å². The van der Waals surface area contributed by atoms with E-state index >= 15 is 0 Å². The SMILES string of the molecule is Cc1c(C(=O)OCC(=O)c2ccc(Cl)c(Cl)c2)cc([N+](=O)[O-])cc1[N+](=O)[O-]. The van der Waals surface area contributed by atoms with Gasteiger partial charge in [0.05, 0.1) is 31.5 Å². The molecule has 0 unspecified atom stereocenters. The van der Waals surface area contributed by atoms with Crippen molar-refractivity contribution in [3.8, 4) is 0 Å². The first kappa shape index (κ1) is 20.3.